The molecule has 6 nitrogen and oxygen atoms in total. The van der Waals surface area contributed by atoms with Crippen molar-refractivity contribution in [3.05, 3.63) is 105 Å². The molecule has 1 N–H and O–H groups in total. The Kier molecular flexibility index (Phi) is 7.61. The Morgan fingerprint density at radius 2 is 2.00 bits per heavy atom. The minimum atomic E-state index is -4.59. The molecule has 1 aliphatic rings. The van der Waals surface area contributed by atoms with Crippen LogP contribution in [0.5, 0.6) is 0 Å². The van der Waals surface area contributed by atoms with E-state index < -0.39 is 23.7 Å². The van der Waals surface area contributed by atoms with E-state index in [2.05, 4.69) is 21.3 Å². The highest BCUT2D eigenvalue weighted by molar-refractivity contribution is 6.30. The number of amides is 1. The predicted molar refractivity (Wildman–Crippen MR) is 143 cm³/mol. The van der Waals surface area contributed by atoms with Gasteiger partial charge in [-0.3, -0.25) is 14.5 Å². The van der Waals surface area contributed by atoms with Crippen LogP contribution >= 0.6 is 11.6 Å². The van der Waals surface area contributed by atoms with Gasteiger partial charge in [0.25, 0.3) is 0 Å². The van der Waals surface area contributed by atoms with Gasteiger partial charge in [-0.25, -0.2) is 9.18 Å². The zero-order valence-electron chi connectivity index (χ0n) is 21.0. The van der Waals surface area contributed by atoms with Gasteiger partial charge in [-0.05, 0) is 53.1 Å². The molecule has 0 saturated heterocycles. The largest absolute Gasteiger partial charge is 0.433 e. The number of alkyl halides is 3. The highest BCUT2D eigenvalue weighted by Crippen LogP contribution is 2.32. The van der Waals surface area contributed by atoms with Crippen molar-refractivity contribution in [1.82, 2.24) is 19.8 Å². The van der Waals surface area contributed by atoms with Gasteiger partial charge in [0.05, 0.1) is 22.2 Å². The van der Waals surface area contributed by atoms with Crippen molar-refractivity contribution in [3.63, 3.8) is 0 Å². The summed E-state index contributed by atoms with van der Waals surface area (Å²) in [7, 11) is 0. The van der Waals surface area contributed by atoms with E-state index in [1.165, 1.54) is 22.8 Å². The van der Waals surface area contributed by atoms with Crippen LogP contribution in [0.2, 0.25) is 5.02 Å². The fourth-order valence-electron chi connectivity index (χ4n) is 4.82. The second kappa shape index (κ2) is 11.1. The zero-order chi connectivity index (χ0) is 28.4. The first-order chi connectivity index (χ1) is 19.1. The van der Waals surface area contributed by atoms with Crippen molar-refractivity contribution in [2.45, 2.75) is 25.7 Å². The van der Waals surface area contributed by atoms with Gasteiger partial charge in [0.1, 0.15) is 11.5 Å². The first-order valence-corrected chi connectivity index (χ1v) is 12.7. The summed E-state index contributed by atoms with van der Waals surface area (Å²) < 4.78 is 54.4. The molecule has 2 aromatic heterocycles. The smallest absolute Gasteiger partial charge is 0.333 e. The van der Waals surface area contributed by atoms with Crippen LogP contribution in [0.15, 0.2) is 60.8 Å². The number of aromatic nitrogens is 2. The first-order valence-electron chi connectivity index (χ1n) is 12.3. The molecule has 0 saturated carbocycles. The maximum atomic E-state index is 13.7. The number of benzene rings is 2. The number of carbonyl (C=O) groups excluding carboxylic acids is 1. The van der Waals surface area contributed by atoms with E-state index in [0.717, 1.165) is 28.9 Å². The third kappa shape index (κ3) is 5.71. The Bertz CT molecular complexity index is 1670. The van der Waals surface area contributed by atoms with Crippen molar-refractivity contribution >= 4 is 34.6 Å². The van der Waals surface area contributed by atoms with E-state index in [0.29, 0.717) is 42.7 Å². The van der Waals surface area contributed by atoms with E-state index in [1.54, 1.807) is 18.2 Å². The van der Waals surface area contributed by atoms with Gasteiger partial charge in [0.15, 0.2) is 0 Å². The standard InChI is InChI=1S/C29H22ClF4N5O/c30-23-6-4-18(12-24(23)31)2-1-10-38-11-8-25-22(17-38)21-5-3-19(15-35)13-26(21)39(25)28(40)37-16-20-7-9-36-27(14-20)29(32,33)34/h1-7,9,12-14H,8,10-11,16-17H2,(H,37,40)/b2-1+. The fourth-order valence-corrected chi connectivity index (χ4v) is 4.94. The summed E-state index contributed by atoms with van der Waals surface area (Å²) in [4.78, 5) is 18.9. The molecule has 11 heteroatoms. The predicted octanol–water partition coefficient (Wildman–Crippen LogP) is 6.55. The monoisotopic (exact) mass is 567 g/mol. The molecule has 204 valence electrons. The molecule has 1 amide bonds. The minimum Gasteiger partial charge on any atom is -0.333 e. The van der Waals surface area contributed by atoms with Gasteiger partial charge >= 0.3 is 12.2 Å². The fraction of sp³-hybridized carbons (Fsp3) is 0.207. The van der Waals surface area contributed by atoms with Crippen molar-refractivity contribution in [1.29, 1.82) is 5.26 Å². The van der Waals surface area contributed by atoms with Gasteiger partial charge in [0.2, 0.25) is 0 Å². The number of nitrogens with zero attached hydrogens (tertiary/aromatic N) is 4. The number of carbonyl (C=O) groups is 1. The number of nitriles is 1. The van der Waals surface area contributed by atoms with Crippen molar-refractivity contribution < 1.29 is 22.4 Å². The summed E-state index contributed by atoms with van der Waals surface area (Å²) in [5.41, 5.74) is 2.59. The van der Waals surface area contributed by atoms with Gasteiger partial charge in [-0.2, -0.15) is 18.4 Å². The lowest BCUT2D eigenvalue weighted by Gasteiger charge is -2.27. The Balaban J connectivity index is 1.38. The minimum absolute atomic E-state index is 0.0625. The van der Waals surface area contributed by atoms with E-state index in [-0.39, 0.29) is 17.1 Å². The number of hydrogen-bond donors (Lipinski definition) is 1. The highest BCUT2D eigenvalue weighted by atomic mass is 35.5. The van der Waals surface area contributed by atoms with Crippen molar-refractivity contribution in [3.8, 4) is 6.07 Å². The molecule has 2 aromatic carbocycles. The molecule has 0 fully saturated rings. The second-order valence-corrected chi connectivity index (χ2v) is 9.78. The van der Waals surface area contributed by atoms with Crippen LogP contribution in [0.3, 0.4) is 0 Å². The molecule has 0 unspecified atom stereocenters. The molecule has 0 bridgehead atoms. The Morgan fingerprint density at radius 3 is 2.75 bits per heavy atom. The van der Waals surface area contributed by atoms with Crippen LogP contribution in [0.25, 0.3) is 17.0 Å². The molecule has 0 radical (unpaired) electrons. The highest BCUT2D eigenvalue weighted by Gasteiger charge is 2.32. The zero-order valence-corrected chi connectivity index (χ0v) is 21.7. The number of halogens is 5. The summed E-state index contributed by atoms with van der Waals surface area (Å²) >= 11 is 5.75. The summed E-state index contributed by atoms with van der Waals surface area (Å²) in [6, 6.07) is 13.6. The van der Waals surface area contributed by atoms with Gasteiger partial charge in [-0.1, -0.05) is 35.9 Å². The third-order valence-corrected chi connectivity index (χ3v) is 7.04. The normalized spacial score (nSPS) is 13.9. The molecule has 0 aliphatic carbocycles. The average Bonchev–Trinajstić information content (AvgIpc) is 3.26. The lowest BCUT2D eigenvalue weighted by Crippen LogP contribution is -2.34. The number of hydrogen-bond acceptors (Lipinski definition) is 4. The number of nitrogens with one attached hydrogen (secondary N) is 1. The SMILES string of the molecule is N#Cc1ccc2c3c(n(C(=O)NCc4ccnc(C(F)(F)F)c4)c2c1)CCN(C/C=C/c1ccc(Cl)c(F)c1)C3. The first kappa shape index (κ1) is 27.4. The van der Waals surface area contributed by atoms with E-state index in [1.807, 2.05) is 18.2 Å². The van der Waals surface area contributed by atoms with Crippen molar-refractivity contribution in [2.75, 3.05) is 13.1 Å². The molecule has 4 aromatic rings. The van der Waals surface area contributed by atoms with Crippen LogP contribution < -0.4 is 5.32 Å². The topological polar surface area (TPSA) is 74.0 Å². The van der Waals surface area contributed by atoms with Gasteiger partial charge in [-0.15, -0.1) is 0 Å². The van der Waals surface area contributed by atoms with Gasteiger partial charge in [0, 0.05) is 49.9 Å². The Hall–Kier alpha value is -4.20. The molecule has 3 heterocycles. The molecular formula is C29H22ClF4N5O. The number of fused-ring (bicyclic) bond motifs is 3. The van der Waals surface area contributed by atoms with E-state index in [9.17, 15) is 27.6 Å². The Morgan fingerprint density at radius 1 is 1.18 bits per heavy atom. The molecule has 40 heavy (non-hydrogen) atoms. The third-order valence-electron chi connectivity index (χ3n) is 6.74. The molecule has 0 spiro atoms. The summed E-state index contributed by atoms with van der Waals surface area (Å²) in [6.07, 6.45) is 0.750. The lowest BCUT2D eigenvalue weighted by molar-refractivity contribution is -0.141. The van der Waals surface area contributed by atoms with Crippen molar-refractivity contribution in [2.24, 2.45) is 0 Å². The lowest BCUT2D eigenvalue weighted by atomic mass is 10.0. The number of pyridine rings is 1. The maximum absolute atomic E-state index is 13.7. The van der Waals surface area contributed by atoms with Crippen LogP contribution in [0.1, 0.15) is 33.6 Å². The molecule has 1 aliphatic heterocycles. The molecule has 5 rings (SSSR count). The summed E-state index contributed by atoms with van der Waals surface area (Å²) in [6.45, 7) is 1.64. The van der Waals surface area contributed by atoms with E-state index >= 15 is 0 Å². The van der Waals surface area contributed by atoms with E-state index in [4.69, 9.17) is 11.6 Å². The Labute approximate surface area is 232 Å². The van der Waals surface area contributed by atoms with Crippen LogP contribution in [-0.2, 0) is 25.7 Å². The van der Waals surface area contributed by atoms with Crippen LogP contribution in [0, 0.1) is 17.1 Å². The quantitative estimate of drug-likeness (QED) is 0.278. The molecule has 0 atom stereocenters. The summed E-state index contributed by atoms with van der Waals surface area (Å²) in [5, 5.41) is 13.0. The van der Waals surface area contributed by atoms with Gasteiger partial charge < -0.3 is 5.32 Å². The molecular weight excluding hydrogens is 546 g/mol. The average molecular weight is 568 g/mol. The van der Waals surface area contributed by atoms with Crippen LogP contribution in [0.4, 0.5) is 22.4 Å². The number of rotatable bonds is 5. The van der Waals surface area contributed by atoms with Crippen LogP contribution in [-0.4, -0.2) is 33.6 Å². The second-order valence-electron chi connectivity index (χ2n) is 9.37. The maximum Gasteiger partial charge on any atom is 0.433 e. The summed E-state index contributed by atoms with van der Waals surface area (Å²) in [5.74, 6) is -0.487.